The Morgan fingerprint density at radius 1 is 1.29 bits per heavy atom. The summed E-state index contributed by atoms with van der Waals surface area (Å²) in [7, 11) is 1.70. The first-order valence-corrected chi connectivity index (χ1v) is 8.42. The average Bonchev–Trinajstić information content (AvgIpc) is 2.66. The fraction of sp³-hybridized carbons (Fsp3) is 0.368. The summed E-state index contributed by atoms with van der Waals surface area (Å²) in [5, 5.41) is 11.8. The van der Waals surface area contributed by atoms with Crippen LogP contribution < -0.4 is 15.0 Å². The Bertz CT molecular complexity index is 659. The van der Waals surface area contributed by atoms with Crippen LogP contribution >= 0.6 is 0 Å². The van der Waals surface area contributed by atoms with E-state index >= 15 is 0 Å². The summed E-state index contributed by atoms with van der Waals surface area (Å²) in [6, 6.07) is 12.5. The van der Waals surface area contributed by atoms with Gasteiger partial charge in [0, 0.05) is 37.4 Å². The Morgan fingerprint density at radius 3 is 3.04 bits per heavy atom. The van der Waals surface area contributed by atoms with E-state index in [4.69, 9.17) is 4.74 Å². The third kappa shape index (κ3) is 4.32. The lowest BCUT2D eigenvalue weighted by molar-refractivity contribution is 0.414. The smallest absolute Gasteiger partial charge is 0.151 e. The molecule has 126 valence electrons. The molecular formula is C19H24N4O. The SMILES string of the molecule is COc1ccccc1/C=C\CN[C@@H]1CCCN(c2cccnn2)C1. The summed E-state index contributed by atoms with van der Waals surface area (Å²) >= 11 is 0. The Hall–Kier alpha value is -2.40. The number of piperidine rings is 1. The predicted molar refractivity (Wildman–Crippen MR) is 97.3 cm³/mol. The van der Waals surface area contributed by atoms with Crippen molar-refractivity contribution in [1.29, 1.82) is 0 Å². The minimum atomic E-state index is 0.475. The number of methoxy groups -OCH3 is 1. The topological polar surface area (TPSA) is 50.3 Å². The molecule has 1 aromatic carbocycles. The van der Waals surface area contributed by atoms with E-state index in [2.05, 4.69) is 38.6 Å². The molecule has 0 spiro atoms. The van der Waals surface area contributed by atoms with E-state index in [-0.39, 0.29) is 0 Å². The lowest BCUT2D eigenvalue weighted by atomic mass is 10.1. The van der Waals surface area contributed by atoms with Crippen LogP contribution in [0.5, 0.6) is 5.75 Å². The summed E-state index contributed by atoms with van der Waals surface area (Å²) in [5.41, 5.74) is 1.10. The molecule has 5 nitrogen and oxygen atoms in total. The molecule has 3 rings (SSSR count). The van der Waals surface area contributed by atoms with Gasteiger partial charge in [0.15, 0.2) is 5.82 Å². The van der Waals surface area contributed by atoms with E-state index in [0.717, 1.165) is 36.8 Å². The Balaban J connectivity index is 1.50. The zero-order valence-electron chi connectivity index (χ0n) is 14.1. The molecule has 0 aliphatic carbocycles. The van der Waals surface area contributed by atoms with Gasteiger partial charge in [0.2, 0.25) is 0 Å². The molecule has 2 aromatic rings. The lowest BCUT2D eigenvalue weighted by Gasteiger charge is -2.33. The number of rotatable bonds is 6. The van der Waals surface area contributed by atoms with E-state index < -0.39 is 0 Å². The number of nitrogens with one attached hydrogen (secondary N) is 1. The van der Waals surface area contributed by atoms with Crippen molar-refractivity contribution in [2.75, 3.05) is 31.6 Å². The van der Waals surface area contributed by atoms with Crippen LogP contribution in [-0.4, -0.2) is 43.0 Å². The number of aromatic nitrogens is 2. The van der Waals surface area contributed by atoms with Gasteiger partial charge in [0.05, 0.1) is 7.11 Å². The van der Waals surface area contributed by atoms with Gasteiger partial charge in [-0.05, 0) is 31.0 Å². The van der Waals surface area contributed by atoms with Gasteiger partial charge in [-0.15, -0.1) is 5.10 Å². The first-order valence-electron chi connectivity index (χ1n) is 8.42. The minimum Gasteiger partial charge on any atom is -0.496 e. The third-order valence-electron chi connectivity index (χ3n) is 4.26. The van der Waals surface area contributed by atoms with Gasteiger partial charge in [-0.1, -0.05) is 30.4 Å². The van der Waals surface area contributed by atoms with Gasteiger partial charge < -0.3 is 15.0 Å². The highest BCUT2D eigenvalue weighted by molar-refractivity contribution is 5.57. The second-order valence-corrected chi connectivity index (χ2v) is 5.92. The summed E-state index contributed by atoms with van der Waals surface area (Å²) < 4.78 is 5.36. The molecule has 0 unspecified atom stereocenters. The molecule has 0 saturated carbocycles. The maximum atomic E-state index is 5.36. The zero-order valence-corrected chi connectivity index (χ0v) is 14.1. The number of hydrogen-bond acceptors (Lipinski definition) is 5. The normalized spacial score (nSPS) is 18.0. The van der Waals surface area contributed by atoms with E-state index in [0.29, 0.717) is 6.04 Å². The fourth-order valence-electron chi connectivity index (χ4n) is 3.04. The maximum absolute atomic E-state index is 5.36. The quantitative estimate of drug-likeness (QED) is 0.885. The molecule has 0 amide bonds. The number of ether oxygens (including phenoxy) is 1. The molecule has 1 fully saturated rings. The van der Waals surface area contributed by atoms with Crippen LogP contribution in [0.25, 0.3) is 6.08 Å². The highest BCUT2D eigenvalue weighted by Gasteiger charge is 2.20. The molecule has 24 heavy (non-hydrogen) atoms. The molecule has 2 heterocycles. The molecule has 0 bridgehead atoms. The molecule has 0 radical (unpaired) electrons. The van der Waals surface area contributed by atoms with Crippen molar-refractivity contribution in [1.82, 2.24) is 15.5 Å². The Kier molecular flexibility index (Phi) is 5.80. The van der Waals surface area contributed by atoms with Crippen LogP contribution in [0.2, 0.25) is 0 Å². The van der Waals surface area contributed by atoms with Crippen molar-refractivity contribution in [3.63, 3.8) is 0 Å². The molecule has 1 atom stereocenters. The van der Waals surface area contributed by atoms with Gasteiger partial charge in [0.1, 0.15) is 5.75 Å². The summed E-state index contributed by atoms with van der Waals surface area (Å²) in [4.78, 5) is 2.30. The van der Waals surface area contributed by atoms with Crippen molar-refractivity contribution in [2.45, 2.75) is 18.9 Å². The van der Waals surface area contributed by atoms with Crippen LogP contribution in [-0.2, 0) is 0 Å². The standard InChI is InChI=1S/C19H24N4O/c1-24-18-10-3-2-7-16(18)8-4-12-20-17-9-6-14-23(15-17)19-11-5-13-21-22-19/h2-5,7-8,10-11,13,17,20H,6,9,12,14-15H2,1H3/b8-4-/t17-/m1/s1. The number of para-hydroxylation sites is 1. The maximum Gasteiger partial charge on any atom is 0.151 e. The fourth-order valence-corrected chi connectivity index (χ4v) is 3.04. The van der Waals surface area contributed by atoms with Crippen LogP contribution in [0.4, 0.5) is 5.82 Å². The molecule has 1 saturated heterocycles. The van der Waals surface area contributed by atoms with Gasteiger partial charge in [-0.2, -0.15) is 5.10 Å². The monoisotopic (exact) mass is 324 g/mol. The number of nitrogens with zero attached hydrogens (tertiary/aromatic N) is 3. The van der Waals surface area contributed by atoms with Crippen molar-refractivity contribution in [2.24, 2.45) is 0 Å². The van der Waals surface area contributed by atoms with Crippen LogP contribution in [0.3, 0.4) is 0 Å². The summed E-state index contributed by atoms with van der Waals surface area (Å²) in [5.74, 6) is 1.87. The van der Waals surface area contributed by atoms with E-state index in [1.165, 1.54) is 12.8 Å². The Morgan fingerprint density at radius 2 is 2.21 bits per heavy atom. The largest absolute Gasteiger partial charge is 0.496 e. The first-order chi connectivity index (χ1) is 11.9. The molecule has 1 aromatic heterocycles. The van der Waals surface area contributed by atoms with Crippen LogP contribution in [0.15, 0.2) is 48.7 Å². The number of anilines is 1. The summed E-state index contributed by atoms with van der Waals surface area (Å²) in [6.45, 7) is 2.87. The lowest BCUT2D eigenvalue weighted by Crippen LogP contribution is -2.46. The number of benzene rings is 1. The van der Waals surface area contributed by atoms with Crippen molar-refractivity contribution >= 4 is 11.9 Å². The molecule has 5 heteroatoms. The number of hydrogen-bond donors (Lipinski definition) is 1. The van der Waals surface area contributed by atoms with Crippen LogP contribution in [0.1, 0.15) is 18.4 Å². The zero-order chi connectivity index (χ0) is 16.6. The highest BCUT2D eigenvalue weighted by Crippen LogP contribution is 2.19. The van der Waals surface area contributed by atoms with Gasteiger partial charge in [-0.25, -0.2) is 0 Å². The van der Waals surface area contributed by atoms with Gasteiger partial charge >= 0.3 is 0 Å². The van der Waals surface area contributed by atoms with Crippen molar-refractivity contribution in [3.8, 4) is 5.75 Å². The highest BCUT2D eigenvalue weighted by atomic mass is 16.5. The van der Waals surface area contributed by atoms with E-state index in [1.54, 1.807) is 13.3 Å². The predicted octanol–water partition coefficient (Wildman–Crippen LogP) is 2.76. The van der Waals surface area contributed by atoms with Crippen molar-refractivity contribution < 1.29 is 4.74 Å². The molecule has 1 aliphatic rings. The minimum absolute atomic E-state index is 0.475. The third-order valence-corrected chi connectivity index (χ3v) is 4.26. The molecule has 1 aliphatic heterocycles. The second-order valence-electron chi connectivity index (χ2n) is 5.92. The summed E-state index contributed by atoms with van der Waals surface area (Å²) in [6.07, 6.45) is 8.34. The van der Waals surface area contributed by atoms with Gasteiger partial charge in [0.25, 0.3) is 0 Å². The average molecular weight is 324 g/mol. The van der Waals surface area contributed by atoms with Crippen LogP contribution in [0, 0.1) is 0 Å². The first kappa shape index (κ1) is 16.5. The molecule has 1 N–H and O–H groups in total. The van der Waals surface area contributed by atoms with E-state index in [1.807, 2.05) is 30.3 Å². The second kappa shape index (κ2) is 8.45. The Labute approximate surface area is 143 Å². The van der Waals surface area contributed by atoms with Gasteiger partial charge in [-0.3, -0.25) is 0 Å². The van der Waals surface area contributed by atoms with Crippen molar-refractivity contribution in [3.05, 3.63) is 54.2 Å². The van der Waals surface area contributed by atoms with E-state index in [9.17, 15) is 0 Å². The molecular weight excluding hydrogens is 300 g/mol.